The van der Waals surface area contributed by atoms with Gasteiger partial charge in [0, 0.05) is 17.4 Å². The molecule has 1 saturated heterocycles. The number of fused-ring (bicyclic) bond motifs is 4. The maximum Gasteiger partial charge on any atom is 0.307 e. The molecule has 16 heavy (non-hydrogen) atoms. The van der Waals surface area contributed by atoms with E-state index in [1.807, 2.05) is 31.2 Å². The highest BCUT2D eigenvalue weighted by atomic mass is 16.5. The fourth-order valence-electron chi connectivity index (χ4n) is 2.79. The van der Waals surface area contributed by atoms with Gasteiger partial charge in [0.2, 0.25) is 5.78 Å². The van der Waals surface area contributed by atoms with E-state index >= 15 is 0 Å². The van der Waals surface area contributed by atoms with Gasteiger partial charge in [-0.25, -0.2) is 0 Å². The summed E-state index contributed by atoms with van der Waals surface area (Å²) in [6, 6.07) is 7.53. The lowest BCUT2D eigenvalue weighted by Gasteiger charge is -2.42. The Morgan fingerprint density at radius 3 is 2.88 bits per heavy atom. The predicted molar refractivity (Wildman–Crippen MR) is 57.2 cm³/mol. The number of hydrogen-bond donors (Lipinski definition) is 0. The van der Waals surface area contributed by atoms with Crippen LogP contribution in [-0.2, 0) is 14.9 Å². The van der Waals surface area contributed by atoms with Crippen molar-refractivity contribution in [3.63, 3.8) is 0 Å². The Balaban J connectivity index is 2.23. The number of hydrogen-bond acceptors (Lipinski definition) is 3. The first kappa shape index (κ1) is 9.58. The van der Waals surface area contributed by atoms with E-state index in [4.69, 9.17) is 4.74 Å². The summed E-state index contributed by atoms with van der Waals surface area (Å²) < 4.78 is 5.10. The third kappa shape index (κ3) is 1.14. The molecule has 3 heteroatoms. The molecule has 3 nitrogen and oxygen atoms in total. The van der Waals surface area contributed by atoms with Crippen molar-refractivity contribution in [3.05, 3.63) is 35.4 Å². The van der Waals surface area contributed by atoms with Crippen LogP contribution in [0.4, 0.5) is 0 Å². The van der Waals surface area contributed by atoms with Gasteiger partial charge in [-0.2, -0.15) is 0 Å². The van der Waals surface area contributed by atoms with Crippen molar-refractivity contribution >= 4 is 11.8 Å². The van der Waals surface area contributed by atoms with Crippen LogP contribution in [0.5, 0.6) is 0 Å². The number of carbonyl (C=O) groups is 2. The van der Waals surface area contributed by atoms with Gasteiger partial charge in [-0.1, -0.05) is 31.2 Å². The molecule has 1 aliphatic carbocycles. The Bertz CT molecular complexity index is 492. The minimum absolute atomic E-state index is 0.0545. The molecule has 2 aliphatic rings. The fourth-order valence-corrected chi connectivity index (χ4v) is 2.79. The molecule has 1 heterocycles. The van der Waals surface area contributed by atoms with Crippen molar-refractivity contribution in [2.24, 2.45) is 0 Å². The topological polar surface area (TPSA) is 43.4 Å². The van der Waals surface area contributed by atoms with Gasteiger partial charge in [0.1, 0.15) is 0 Å². The highest BCUT2D eigenvalue weighted by molar-refractivity contribution is 6.04. The molecular weight excluding hydrogens is 204 g/mol. The molecule has 0 radical (unpaired) electrons. The number of benzene rings is 1. The van der Waals surface area contributed by atoms with Crippen molar-refractivity contribution in [2.45, 2.75) is 31.3 Å². The lowest BCUT2D eigenvalue weighted by atomic mass is 9.66. The van der Waals surface area contributed by atoms with E-state index in [0.717, 1.165) is 5.56 Å². The van der Waals surface area contributed by atoms with Crippen molar-refractivity contribution < 1.29 is 14.3 Å². The zero-order valence-corrected chi connectivity index (χ0v) is 9.03. The molecule has 0 N–H and O–H groups in total. The van der Waals surface area contributed by atoms with E-state index in [9.17, 15) is 9.59 Å². The normalized spacial score (nSPS) is 31.9. The van der Waals surface area contributed by atoms with Crippen LogP contribution in [0.25, 0.3) is 0 Å². The molecule has 1 fully saturated rings. The van der Waals surface area contributed by atoms with Crippen LogP contribution in [0.1, 0.15) is 35.7 Å². The minimum atomic E-state index is -0.568. The molecule has 0 aromatic heterocycles. The van der Waals surface area contributed by atoms with Crippen LogP contribution in [0, 0.1) is 0 Å². The molecule has 1 aromatic carbocycles. The van der Waals surface area contributed by atoms with Gasteiger partial charge in [-0.3, -0.25) is 9.59 Å². The summed E-state index contributed by atoms with van der Waals surface area (Å²) in [4.78, 5) is 23.5. The van der Waals surface area contributed by atoms with Crippen LogP contribution in [0.3, 0.4) is 0 Å². The molecule has 0 saturated carbocycles. The molecule has 1 aliphatic heterocycles. The Labute approximate surface area is 93.4 Å². The lowest BCUT2D eigenvalue weighted by Crippen LogP contribution is -2.47. The van der Waals surface area contributed by atoms with E-state index < -0.39 is 6.10 Å². The summed E-state index contributed by atoms with van der Waals surface area (Å²) >= 11 is 0. The van der Waals surface area contributed by atoms with Gasteiger partial charge < -0.3 is 4.74 Å². The number of rotatable bonds is 0. The molecule has 1 aromatic rings. The number of ether oxygens (including phenoxy) is 1. The molecular formula is C13H12O3. The fraction of sp³-hybridized carbons (Fsp3) is 0.385. The Kier molecular flexibility index (Phi) is 1.76. The summed E-state index contributed by atoms with van der Waals surface area (Å²) in [5.74, 6) is -0.317. The monoisotopic (exact) mass is 216 g/mol. The predicted octanol–water partition coefficient (Wildman–Crippen LogP) is 1.85. The third-order valence-electron chi connectivity index (χ3n) is 3.58. The number of ketones is 1. The summed E-state index contributed by atoms with van der Waals surface area (Å²) in [6.45, 7) is 2.03. The van der Waals surface area contributed by atoms with Gasteiger partial charge in [0.15, 0.2) is 6.10 Å². The number of Topliss-reactive ketones (excluding diaryl/α,β-unsaturated/α-hetero) is 1. The average Bonchev–Trinajstić information content (AvgIpc) is 2.25. The van der Waals surface area contributed by atoms with E-state index in [1.54, 1.807) is 0 Å². The van der Waals surface area contributed by atoms with Gasteiger partial charge in [0.05, 0.1) is 6.42 Å². The first-order chi connectivity index (χ1) is 7.60. The standard InChI is InChI=1S/C13H12O3/c1-13-6-10(16-11(14)7-13)12(15)8-4-2-3-5-9(8)13/h2-5,10H,6-7H2,1H3/t10-,13+/m1/s1. The molecule has 0 spiro atoms. The van der Waals surface area contributed by atoms with Gasteiger partial charge in [0.25, 0.3) is 0 Å². The number of esters is 1. The van der Waals surface area contributed by atoms with Crippen molar-refractivity contribution in [1.82, 2.24) is 0 Å². The quantitative estimate of drug-likeness (QED) is 0.621. The van der Waals surface area contributed by atoms with E-state index in [-0.39, 0.29) is 17.2 Å². The summed E-state index contributed by atoms with van der Waals surface area (Å²) in [5, 5.41) is 0. The second-order valence-electron chi connectivity index (χ2n) is 4.83. The smallest absolute Gasteiger partial charge is 0.307 e. The summed E-state index contributed by atoms with van der Waals surface area (Å²) in [6.07, 6.45) is 0.420. The van der Waals surface area contributed by atoms with Crippen LogP contribution >= 0.6 is 0 Å². The lowest BCUT2D eigenvalue weighted by molar-refractivity contribution is -0.155. The van der Waals surface area contributed by atoms with Gasteiger partial charge >= 0.3 is 5.97 Å². The SMILES string of the molecule is C[C@@]12CC(=O)O[C@H](C1)C(=O)c1ccccc12. The van der Waals surface area contributed by atoms with E-state index in [0.29, 0.717) is 18.4 Å². The highest BCUT2D eigenvalue weighted by Crippen LogP contribution is 2.43. The van der Waals surface area contributed by atoms with E-state index in [1.165, 1.54) is 0 Å². The van der Waals surface area contributed by atoms with Crippen LogP contribution in [0.15, 0.2) is 24.3 Å². The maximum absolute atomic E-state index is 12.0. The van der Waals surface area contributed by atoms with Gasteiger partial charge in [-0.15, -0.1) is 0 Å². The molecule has 2 atom stereocenters. The van der Waals surface area contributed by atoms with Crippen LogP contribution in [-0.4, -0.2) is 17.9 Å². The Morgan fingerprint density at radius 2 is 2.06 bits per heavy atom. The maximum atomic E-state index is 12.0. The second-order valence-corrected chi connectivity index (χ2v) is 4.83. The van der Waals surface area contributed by atoms with Gasteiger partial charge in [-0.05, 0) is 5.56 Å². The first-order valence-corrected chi connectivity index (χ1v) is 5.43. The molecule has 82 valence electrons. The van der Waals surface area contributed by atoms with Crippen LogP contribution < -0.4 is 0 Å². The largest absolute Gasteiger partial charge is 0.454 e. The highest BCUT2D eigenvalue weighted by Gasteiger charge is 2.47. The molecule has 0 unspecified atom stereocenters. The zero-order chi connectivity index (χ0) is 11.3. The minimum Gasteiger partial charge on any atom is -0.454 e. The van der Waals surface area contributed by atoms with Crippen LogP contribution in [0.2, 0.25) is 0 Å². The Morgan fingerprint density at radius 1 is 1.31 bits per heavy atom. The summed E-state index contributed by atoms with van der Waals surface area (Å²) in [5.41, 5.74) is 1.48. The molecule has 2 bridgehead atoms. The Hall–Kier alpha value is -1.64. The number of carbonyl (C=O) groups excluding carboxylic acids is 2. The second kappa shape index (κ2) is 2.94. The third-order valence-corrected chi connectivity index (χ3v) is 3.58. The van der Waals surface area contributed by atoms with Crippen molar-refractivity contribution in [1.29, 1.82) is 0 Å². The molecule has 0 amide bonds. The zero-order valence-electron chi connectivity index (χ0n) is 9.03. The van der Waals surface area contributed by atoms with E-state index in [2.05, 4.69) is 0 Å². The van der Waals surface area contributed by atoms with Crippen molar-refractivity contribution in [3.8, 4) is 0 Å². The average molecular weight is 216 g/mol. The first-order valence-electron chi connectivity index (χ1n) is 5.43. The summed E-state index contributed by atoms with van der Waals surface area (Å²) in [7, 11) is 0. The van der Waals surface area contributed by atoms with Crippen molar-refractivity contribution in [2.75, 3.05) is 0 Å². The molecule has 3 rings (SSSR count).